The van der Waals surface area contributed by atoms with Gasteiger partial charge in [0.1, 0.15) is 5.75 Å². The number of unbranched alkanes of at least 4 members (excludes halogenated alkanes) is 6. The van der Waals surface area contributed by atoms with Gasteiger partial charge in [-0.15, -0.1) is 0 Å². The first-order chi connectivity index (χ1) is 7.84. The minimum Gasteiger partial charge on any atom is -1.00 e. The van der Waals surface area contributed by atoms with Crippen molar-refractivity contribution in [1.82, 2.24) is 0 Å². The predicted octanol–water partition coefficient (Wildman–Crippen LogP) is 4.53. The van der Waals surface area contributed by atoms with Crippen LogP contribution in [0.25, 0.3) is 0 Å². The van der Waals surface area contributed by atoms with Gasteiger partial charge < -0.3 is 7.96 Å². The van der Waals surface area contributed by atoms with Crippen LogP contribution >= 0.6 is 0 Å². The van der Waals surface area contributed by atoms with Crippen molar-refractivity contribution < 1.29 is 7.96 Å². The number of hydrogen-bond acceptors (Lipinski definition) is 1. The van der Waals surface area contributed by atoms with E-state index in [2.05, 4.69) is 6.92 Å². The van der Waals surface area contributed by atoms with E-state index < -0.39 is 0 Å². The first kappa shape index (κ1) is 17.6. The number of phenolic OH excluding ortho intramolecular Hbond substituents is 1. The average molecular weight is 360 g/mol. The zero-order chi connectivity index (χ0) is 11.6. The van der Waals surface area contributed by atoms with Crippen molar-refractivity contribution in [3.63, 3.8) is 0 Å². The molecule has 0 aliphatic carbocycles. The molecule has 1 aromatic carbocycles. The Labute approximate surface area is 149 Å². The van der Waals surface area contributed by atoms with Crippen LogP contribution in [0.5, 0.6) is 5.75 Å². The third-order valence-corrected chi connectivity index (χ3v) is 3.04. The van der Waals surface area contributed by atoms with E-state index in [4.69, 9.17) is 0 Å². The normalized spacial score (nSPS) is 9.94. The molecule has 0 fully saturated rings. The van der Waals surface area contributed by atoms with Crippen molar-refractivity contribution in [1.29, 1.82) is 0 Å². The minimum absolute atomic E-state index is 0. The van der Waals surface area contributed by atoms with Gasteiger partial charge in [-0.2, -0.15) is 0 Å². The van der Waals surface area contributed by atoms with Crippen molar-refractivity contribution >= 4 is 48.9 Å². The van der Waals surface area contributed by atoms with E-state index in [1.165, 1.54) is 44.9 Å². The Hall–Kier alpha value is 0.591. The summed E-state index contributed by atoms with van der Waals surface area (Å²) in [4.78, 5) is 0. The molecule has 0 aliphatic rings. The summed E-state index contributed by atoms with van der Waals surface area (Å²) >= 11 is 0. The second-order valence-corrected chi connectivity index (χ2v) is 4.50. The van der Waals surface area contributed by atoms with Crippen molar-refractivity contribution in [2.24, 2.45) is 0 Å². The summed E-state index contributed by atoms with van der Waals surface area (Å²) in [5, 5.41) is 9.58. The molecule has 0 unspecified atom stereocenters. The Balaban J connectivity index is -0.000000853. The molecule has 0 saturated carbocycles. The van der Waals surface area contributed by atoms with Crippen molar-refractivity contribution in [3.8, 4) is 5.75 Å². The molecule has 2 heteroatoms. The van der Waals surface area contributed by atoms with Crippen LogP contribution in [0.1, 0.15) is 60.3 Å². The summed E-state index contributed by atoms with van der Waals surface area (Å²) in [5.74, 6) is 0.452. The topological polar surface area (TPSA) is 20.2 Å². The maximum Gasteiger partial charge on any atom is 2.00 e. The van der Waals surface area contributed by atoms with Crippen LogP contribution in [0.15, 0.2) is 24.3 Å². The van der Waals surface area contributed by atoms with E-state index in [9.17, 15) is 5.11 Å². The van der Waals surface area contributed by atoms with Crippen molar-refractivity contribution in [3.05, 3.63) is 29.8 Å². The van der Waals surface area contributed by atoms with Crippen LogP contribution in [0.2, 0.25) is 0 Å². The quantitative estimate of drug-likeness (QED) is 0.534. The number of para-hydroxylation sites is 1. The smallest absolute Gasteiger partial charge is 1.00 e. The molecule has 0 heterocycles. The van der Waals surface area contributed by atoms with Gasteiger partial charge in [0.2, 0.25) is 0 Å². The summed E-state index contributed by atoms with van der Waals surface area (Å²) in [6.45, 7) is 2.25. The molecule has 1 N–H and O–H groups in total. The molecule has 17 heavy (non-hydrogen) atoms. The molecule has 0 bridgehead atoms. The van der Waals surface area contributed by atoms with Crippen LogP contribution in [0, 0.1) is 0 Å². The first-order valence-electron chi connectivity index (χ1n) is 6.61. The fourth-order valence-corrected chi connectivity index (χ4v) is 1.99. The fraction of sp³-hybridized carbons (Fsp3) is 0.600. The van der Waals surface area contributed by atoms with Gasteiger partial charge in [0, 0.05) is 0 Å². The Kier molecular flexibility index (Phi) is 12.1. The molecule has 0 saturated heterocycles. The van der Waals surface area contributed by atoms with E-state index in [-0.39, 0.29) is 51.7 Å². The fourth-order valence-electron chi connectivity index (χ4n) is 1.99. The number of aromatic hydroxyl groups is 1. The number of aryl methyl sites for hydroxylation is 1. The molecule has 1 nitrogen and oxygen atoms in total. The Bertz CT molecular complexity index is 295. The number of hydrogen-bond donors (Lipinski definition) is 1. The van der Waals surface area contributed by atoms with Crippen molar-refractivity contribution in [2.75, 3.05) is 0 Å². The monoisotopic (exact) mass is 360 g/mol. The summed E-state index contributed by atoms with van der Waals surface area (Å²) in [7, 11) is 0. The largest absolute Gasteiger partial charge is 2.00 e. The summed E-state index contributed by atoms with van der Waals surface area (Å²) in [5.41, 5.74) is 1.09. The predicted molar refractivity (Wildman–Crippen MR) is 77.8 cm³/mol. The first-order valence-corrected chi connectivity index (χ1v) is 6.61. The average Bonchev–Trinajstić information content (AvgIpc) is 2.30. The van der Waals surface area contributed by atoms with Gasteiger partial charge in [0.25, 0.3) is 0 Å². The standard InChI is InChI=1S/C15H24O.Ba.2H/c1-2-3-4-5-6-7-8-11-14-12-9-10-13-15(14)16;;;/h9-10,12-13,16H,2-8,11H2,1H3;;;/q;+2;2*-1. The molecule has 0 amide bonds. The van der Waals surface area contributed by atoms with Gasteiger partial charge in [-0.05, 0) is 24.5 Å². The Morgan fingerprint density at radius 3 is 2.18 bits per heavy atom. The molecular formula is C15H26BaO. The molecular weight excluding hydrogens is 333 g/mol. The molecule has 94 valence electrons. The van der Waals surface area contributed by atoms with Gasteiger partial charge >= 0.3 is 48.9 Å². The second-order valence-electron chi connectivity index (χ2n) is 4.50. The van der Waals surface area contributed by atoms with Crippen molar-refractivity contribution in [2.45, 2.75) is 58.3 Å². The van der Waals surface area contributed by atoms with Gasteiger partial charge in [-0.1, -0.05) is 63.6 Å². The second kappa shape index (κ2) is 11.7. The van der Waals surface area contributed by atoms with E-state index in [1.807, 2.05) is 18.2 Å². The molecule has 0 atom stereocenters. The van der Waals surface area contributed by atoms with E-state index >= 15 is 0 Å². The zero-order valence-corrected chi connectivity index (χ0v) is 15.6. The molecule has 0 aliphatic heterocycles. The zero-order valence-electron chi connectivity index (χ0n) is 13.1. The third-order valence-electron chi connectivity index (χ3n) is 3.04. The number of phenols is 1. The van der Waals surface area contributed by atoms with E-state index in [0.717, 1.165) is 12.0 Å². The van der Waals surface area contributed by atoms with E-state index in [1.54, 1.807) is 6.07 Å². The number of benzene rings is 1. The minimum atomic E-state index is 0. The van der Waals surface area contributed by atoms with Gasteiger partial charge in [0.15, 0.2) is 0 Å². The maximum atomic E-state index is 9.58. The maximum absolute atomic E-state index is 9.58. The molecule has 0 spiro atoms. The Morgan fingerprint density at radius 1 is 0.941 bits per heavy atom. The number of rotatable bonds is 8. The van der Waals surface area contributed by atoms with Gasteiger partial charge in [0.05, 0.1) is 0 Å². The van der Waals surface area contributed by atoms with E-state index in [0.29, 0.717) is 5.75 Å². The van der Waals surface area contributed by atoms with Gasteiger partial charge in [-0.25, -0.2) is 0 Å². The van der Waals surface area contributed by atoms with Crippen LogP contribution in [-0.2, 0) is 6.42 Å². The SMILES string of the molecule is CCCCCCCCCc1ccccc1O.[Ba+2].[H-].[H-]. The summed E-state index contributed by atoms with van der Waals surface area (Å²) in [6, 6.07) is 7.67. The molecule has 0 radical (unpaired) electrons. The summed E-state index contributed by atoms with van der Waals surface area (Å²) < 4.78 is 0. The summed E-state index contributed by atoms with van der Waals surface area (Å²) in [6.07, 6.45) is 10.3. The molecule has 0 aromatic heterocycles. The van der Waals surface area contributed by atoms with Crippen LogP contribution in [0.4, 0.5) is 0 Å². The molecule has 1 rings (SSSR count). The van der Waals surface area contributed by atoms with Gasteiger partial charge in [-0.3, -0.25) is 0 Å². The molecule has 1 aromatic rings. The Morgan fingerprint density at radius 2 is 1.53 bits per heavy atom. The van der Waals surface area contributed by atoms with Crippen LogP contribution in [0.3, 0.4) is 0 Å². The van der Waals surface area contributed by atoms with Crippen LogP contribution < -0.4 is 0 Å². The van der Waals surface area contributed by atoms with Crippen LogP contribution in [-0.4, -0.2) is 54.0 Å². The third kappa shape index (κ3) is 8.33.